The van der Waals surface area contributed by atoms with Crippen molar-refractivity contribution in [2.24, 2.45) is 0 Å². The fourth-order valence-electron chi connectivity index (χ4n) is 3.96. The zero-order valence-electron chi connectivity index (χ0n) is 18.2. The van der Waals surface area contributed by atoms with E-state index < -0.39 is 32.6 Å². The van der Waals surface area contributed by atoms with Crippen LogP contribution in [0.4, 0.5) is 13.2 Å². The van der Waals surface area contributed by atoms with Crippen LogP contribution in [0, 0.1) is 0 Å². The zero-order valence-corrected chi connectivity index (χ0v) is 19.0. The van der Waals surface area contributed by atoms with Crippen LogP contribution in [0.3, 0.4) is 0 Å². The highest BCUT2D eigenvalue weighted by Crippen LogP contribution is 2.37. The highest BCUT2D eigenvalue weighted by molar-refractivity contribution is 7.89. The van der Waals surface area contributed by atoms with Crippen LogP contribution in [0.5, 0.6) is 0 Å². The average Bonchev–Trinajstić information content (AvgIpc) is 3.29. The molecule has 2 heterocycles. The first-order valence-corrected chi connectivity index (χ1v) is 12.1. The normalized spacial score (nSPS) is 18.1. The maximum atomic E-state index is 13.4. The number of alkyl halides is 3. The summed E-state index contributed by atoms with van der Waals surface area (Å²) in [6.45, 7) is 4.29. The molecule has 1 aromatic heterocycles. The maximum Gasteiger partial charge on any atom is 0.417 e. The van der Waals surface area contributed by atoms with Gasteiger partial charge in [0, 0.05) is 18.7 Å². The first-order chi connectivity index (χ1) is 15.6. The molecule has 3 aromatic rings. The molecule has 1 aliphatic heterocycles. The molecule has 2 aromatic carbocycles. The van der Waals surface area contributed by atoms with Crippen molar-refractivity contribution in [2.45, 2.75) is 49.6 Å². The largest absolute Gasteiger partial charge is 0.417 e. The Hall–Kier alpha value is -2.72. The SMILES string of the molecule is CC(C)c1ccc(-c2noc([C@H]3CCCN(S(=O)(=O)c4ccccc4C(F)(F)F)C3)n2)cc1. The van der Waals surface area contributed by atoms with Crippen LogP contribution in [0.2, 0.25) is 0 Å². The van der Waals surface area contributed by atoms with E-state index >= 15 is 0 Å². The summed E-state index contributed by atoms with van der Waals surface area (Å²) in [5.41, 5.74) is 0.778. The average molecular weight is 480 g/mol. The van der Waals surface area contributed by atoms with Gasteiger partial charge in [-0.15, -0.1) is 0 Å². The van der Waals surface area contributed by atoms with Gasteiger partial charge in [-0.05, 0) is 36.5 Å². The van der Waals surface area contributed by atoms with Gasteiger partial charge in [-0.1, -0.05) is 55.4 Å². The molecular weight excluding hydrogens is 455 g/mol. The van der Waals surface area contributed by atoms with E-state index in [1.807, 2.05) is 24.3 Å². The van der Waals surface area contributed by atoms with Crippen LogP contribution in [0.1, 0.15) is 55.5 Å². The molecule has 0 bridgehead atoms. The van der Waals surface area contributed by atoms with Crippen LogP contribution in [-0.2, 0) is 16.2 Å². The van der Waals surface area contributed by atoms with Gasteiger partial charge in [0.15, 0.2) is 0 Å². The summed E-state index contributed by atoms with van der Waals surface area (Å²) in [6, 6.07) is 12.0. The van der Waals surface area contributed by atoms with E-state index in [-0.39, 0.29) is 19.0 Å². The fraction of sp³-hybridized carbons (Fsp3) is 0.391. The number of sulfonamides is 1. The summed E-state index contributed by atoms with van der Waals surface area (Å²) in [5, 5.41) is 4.03. The van der Waals surface area contributed by atoms with Gasteiger partial charge in [0.05, 0.1) is 16.4 Å². The quantitative estimate of drug-likeness (QED) is 0.487. The number of hydrogen-bond acceptors (Lipinski definition) is 5. The van der Waals surface area contributed by atoms with E-state index in [1.165, 1.54) is 17.7 Å². The topological polar surface area (TPSA) is 76.3 Å². The lowest BCUT2D eigenvalue weighted by Gasteiger charge is -2.30. The molecule has 1 aliphatic rings. The van der Waals surface area contributed by atoms with E-state index in [0.717, 1.165) is 22.0 Å². The lowest BCUT2D eigenvalue weighted by molar-refractivity contribution is -0.139. The third-order valence-electron chi connectivity index (χ3n) is 5.82. The van der Waals surface area contributed by atoms with Gasteiger partial charge >= 0.3 is 6.18 Å². The Labute approximate surface area is 190 Å². The Morgan fingerprint density at radius 1 is 1.09 bits per heavy atom. The molecule has 176 valence electrons. The lowest BCUT2D eigenvalue weighted by Crippen LogP contribution is -2.39. The molecule has 0 unspecified atom stereocenters. The molecule has 0 saturated carbocycles. The minimum atomic E-state index is -4.77. The fourth-order valence-corrected chi connectivity index (χ4v) is 5.70. The molecule has 1 fully saturated rings. The van der Waals surface area contributed by atoms with Crippen molar-refractivity contribution in [3.63, 3.8) is 0 Å². The molecule has 1 saturated heterocycles. The van der Waals surface area contributed by atoms with Crippen molar-refractivity contribution in [1.82, 2.24) is 14.4 Å². The molecule has 6 nitrogen and oxygen atoms in total. The number of piperidine rings is 1. The van der Waals surface area contributed by atoms with E-state index in [2.05, 4.69) is 24.0 Å². The van der Waals surface area contributed by atoms with Gasteiger partial charge < -0.3 is 4.52 Å². The third-order valence-corrected chi connectivity index (χ3v) is 7.74. The molecular formula is C23H24F3N3O3S. The van der Waals surface area contributed by atoms with Gasteiger partial charge in [0.2, 0.25) is 21.7 Å². The number of nitrogens with zero attached hydrogens (tertiary/aromatic N) is 3. The van der Waals surface area contributed by atoms with E-state index in [4.69, 9.17) is 4.52 Å². The van der Waals surface area contributed by atoms with Gasteiger partial charge in [0.25, 0.3) is 0 Å². The van der Waals surface area contributed by atoms with Crippen LogP contribution in [0.25, 0.3) is 11.4 Å². The lowest BCUT2D eigenvalue weighted by atomic mass is 9.99. The summed E-state index contributed by atoms with van der Waals surface area (Å²) in [4.78, 5) is 3.70. The maximum absolute atomic E-state index is 13.4. The second kappa shape index (κ2) is 8.90. The highest BCUT2D eigenvalue weighted by Gasteiger charge is 2.40. The predicted molar refractivity (Wildman–Crippen MR) is 116 cm³/mol. The summed E-state index contributed by atoms with van der Waals surface area (Å²) < 4.78 is 72.9. The molecule has 0 N–H and O–H groups in total. The Morgan fingerprint density at radius 2 is 1.79 bits per heavy atom. The van der Waals surface area contributed by atoms with E-state index in [0.29, 0.717) is 24.6 Å². The Morgan fingerprint density at radius 3 is 2.45 bits per heavy atom. The van der Waals surface area contributed by atoms with Crippen molar-refractivity contribution in [3.8, 4) is 11.4 Å². The minimum absolute atomic E-state index is 0.0254. The molecule has 0 aliphatic carbocycles. The van der Waals surface area contributed by atoms with E-state index in [1.54, 1.807) is 0 Å². The zero-order chi connectivity index (χ0) is 23.8. The molecule has 4 rings (SSSR count). The van der Waals surface area contributed by atoms with Crippen LogP contribution in [0.15, 0.2) is 57.9 Å². The van der Waals surface area contributed by atoms with Crippen molar-refractivity contribution in [2.75, 3.05) is 13.1 Å². The van der Waals surface area contributed by atoms with Gasteiger partial charge in [-0.2, -0.15) is 22.5 Å². The summed E-state index contributed by atoms with van der Waals surface area (Å²) in [6.07, 6.45) is -3.70. The standard InChI is InChI=1S/C23H24F3N3O3S/c1-15(2)16-9-11-17(12-10-16)21-27-22(32-28-21)18-6-5-13-29(14-18)33(30,31)20-8-4-3-7-19(20)23(24,25)26/h3-4,7-12,15,18H,5-6,13-14H2,1-2H3/t18-/m0/s1. The predicted octanol–water partition coefficient (Wildman–Crippen LogP) is 5.45. The van der Waals surface area contributed by atoms with Crippen LogP contribution in [-0.4, -0.2) is 36.0 Å². The number of benzene rings is 2. The van der Waals surface area contributed by atoms with Gasteiger partial charge in [-0.25, -0.2) is 8.42 Å². The number of hydrogen-bond donors (Lipinski definition) is 0. The summed E-state index contributed by atoms with van der Waals surface area (Å²) in [7, 11) is -4.35. The van der Waals surface area contributed by atoms with Crippen molar-refractivity contribution >= 4 is 10.0 Å². The van der Waals surface area contributed by atoms with Gasteiger partial charge in [0.1, 0.15) is 0 Å². The highest BCUT2D eigenvalue weighted by atomic mass is 32.2. The Kier molecular flexibility index (Phi) is 6.32. The van der Waals surface area contributed by atoms with Crippen molar-refractivity contribution < 1.29 is 26.1 Å². The monoisotopic (exact) mass is 479 g/mol. The first kappa shape index (κ1) is 23.4. The van der Waals surface area contributed by atoms with Crippen LogP contribution < -0.4 is 0 Å². The smallest absolute Gasteiger partial charge is 0.339 e. The molecule has 0 amide bonds. The van der Waals surface area contributed by atoms with Gasteiger partial charge in [-0.3, -0.25) is 0 Å². The molecule has 33 heavy (non-hydrogen) atoms. The van der Waals surface area contributed by atoms with E-state index in [9.17, 15) is 21.6 Å². The minimum Gasteiger partial charge on any atom is -0.339 e. The first-order valence-electron chi connectivity index (χ1n) is 10.7. The third kappa shape index (κ3) is 4.81. The van der Waals surface area contributed by atoms with Crippen molar-refractivity contribution in [1.29, 1.82) is 0 Å². The number of rotatable bonds is 5. The van der Waals surface area contributed by atoms with Crippen molar-refractivity contribution in [3.05, 3.63) is 65.5 Å². The number of aromatic nitrogens is 2. The van der Waals surface area contributed by atoms with Crippen LogP contribution >= 0.6 is 0 Å². The second-order valence-corrected chi connectivity index (χ2v) is 10.3. The Bertz CT molecular complexity index is 1220. The molecule has 10 heteroatoms. The molecule has 1 atom stereocenters. The second-order valence-electron chi connectivity index (χ2n) is 8.43. The number of halogens is 3. The summed E-state index contributed by atoms with van der Waals surface area (Å²) in [5.74, 6) is 0.657. The summed E-state index contributed by atoms with van der Waals surface area (Å²) >= 11 is 0. The molecule has 0 radical (unpaired) electrons. The Balaban J connectivity index is 1.56. The molecule has 0 spiro atoms.